The molecule has 17 heavy (non-hydrogen) atoms. The van der Waals surface area contributed by atoms with Crippen molar-refractivity contribution in [3.8, 4) is 5.75 Å². The molecule has 0 atom stereocenters. The molecule has 96 valence electrons. The van der Waals surface area contributed by atoms with Gasteiger partial charge in [0.1, 0.15) is 12.4 Å². The Labute approximate surface area is 102 Å². The van der Waals surface area contributed by atoms with Crippen LogP contribution in [0.5, 0.6) is 5.75 Å². The molecule has 0 unspecified atom stereocenters. The van der Waals surface area contributed by atoms with Crippen molar-refractivity contribution in [2.45, 2.75) is 6.54 Å². The van der Waals surface area contributed by atoms with Crippen molar-refractivity contribution in [3.05, 3.63) is 24.0 Å². The van der Waals surface area contributed by atoms with Crippen LogP contribution >= 0.6 is 0 Å². The molecule has 5 heteroatoms. The average Bonchev–Trinajstić information content (AvgIpc) is 2.36. The molecule has 1 rings (SSSR count). The van der Waals surface area contributed by atoms with Crippen LogP contribution in [-0.4, -0.2) is 45.6 Å². The van der Waals surface area contributed by atoms with Crippen molar-refractivity contribution in [2.75, 3.05) is 40.6 Å². The lowest BCUT2D eigenvalue weighted by Crippen LogP contribution is -2.12. The van der Waals surface area contributed by atoms with Crippen LogP contribution < -0.4 is 10.1 Å². The number of nitrogens with one attached hydrogen (secondary N) is 1. The van der Waals surface area contributed by atoms with Crippen molar-refractivity contribution < 1.29 is 14.2 Å². The first-order valence-electron chi connectivity index (χ1n) is 5.65. The van der Waals surface area contributed by atoms with Crippen molar-refractivity contribution in [2.24, 2.45) is 0 Å². The number of hydrogen-bond acceptors (Lipinski definition) is 5. The molecular formula is C12H20N2O3. The third kappa shape index (κ3) is 5.63. The minimum Gasteiger partial charge on any atom is -0.491 e. The summed E-state index contributed by atoms with van der Waals surface area (Å²) in [5.74, 6) is 0.852. The van der Waals surface area contributed by atoms with Crippen LogP contribution in [0.25, 0.3) is 0 Å². The van der Waals surface area contributed by atoms with Gasteiger partial charge in [0.15, 0.2) is 0 Å². The molecule has 0 radical (unpaired) electrons. The van der Waals surface area contributed by atoms with Crippen LogP contribution in [0.2, 0.25) is 0 Å². The predicted molar refractivity (Wildman–Crippen MR) is 65.2 cm³/mol. The van der Waals surface area contributed by atoms with E-state index in [1.165, 1.54) is 0 Å². The molecule has 0 aliphatic rings. The van der Waals surface area contributed by atoms with Gasteiger partial charge in [-0.3, -0.25) is 4.98 Å². The maximum atomic E-state index is 5.62. The SMILES string of the molecule is CNCc1cnccc1OCCOCCOC. The van der Waals surface area contributed by atoms with E-state index in [9.17, 15) is 0 Å². The van der Waals surface area contributed by atoms with Gasteiger partial charge in [-0.05, 0) is 13.1 Å². The second-order valence-corrected chi connectivity index (χ2v) is 3.47. The largest absolute Gasteiger partial charge is 0.491 e. The number of rotatable bonds is 9. The molecule has 0 saturated heterocycles. The Morgan fingerprint density at radius 3 is 2.82 bits per heavy atom. The van der Waals surface area contributed by atoms with Crippen LogP contribution in [0.1, 0.15) is 5.56 Å². The van der Waals surface area contributed by atoms with Crippen LogP contribution in [0.3, 0.4) is 0 Å². The number of nitrogens with zero attached hydrogens (tertiary/aromatic N) is 1. The number of methoxy groups -OCH3 is 1. The number of ether oxygens (including phenoxy) is 3. The zero-order valence-corrected chi connectivity index (χ0v) is 10.4. The first-order valence-corrected chi connectivity index (χ1v) is 5.65. The van der Waals surface area contributed by atoms with Crippen molar-refractivity contribution >= 4 is 0 Å². The fraction of sp³-hybridized carbons (Fsp3) is 0.583. The molecule has 0 saturated carbocycles. The summed E-state index contributed by atoms with van der Waals surface area (Å²) in [5, 5.41) is 3.07. The number of pyridine rings is 1. The third-order valence-corrected chi connectivity index (χ3v) is 2.14. The van der Waals surface area contributed by atoms with Gasteiger partial charge in [-0.15, -0.1) is 0 Å². The van der Waals surface area contributed by atoms with E-state index in [2.05, 4.69) is 10.3 Å². The Balaban J connectivity index is 2.25. The quantitative estimate of drug-likeness (QED) is 0.648. The van der Waals surface area contributed by atoms with Gasteiger partial charge in [-0.1, -0.05) is 0 Å². The summed E-state index contributed by atoms with van der Waals surface area (Å²) < 4.78 is 15.8. The summed E-state index contributed by atoms with van der Waals surface area (Å²) >= 11 is 0. The van der Waals surface area contributed by atoms with Gasteiger partial charge >= 0.3 is 0 Å². The van der Waals surface area contributed by atoms with Gasteiger partial charge < -0.3 is 19.5 Å². The zero-order chi connectivity index (χ0) is 12.3. The molecule has 0 bridgehead atoms. The van der Waals surface area contributed by atoms with Crippen LogP contribution in [-0.2, 0) is 16.0 Å². The van der Waals surface area contributed by atoms with Crippen LogP contribution in [0.15, 0.2) is 18.5 Å². The molecule has 1 aromatic rings. The number of hydrogen-bond donors (Lipinski definition) is 1. The van der Waals surface area contributed by atoms with Crippen molar-refractivity contribution in [3.63, 3.8) is 0 Å². The van der Waals surface area contributed by atoms with Gasteiger partial charge in [-0.25, -0.2) is 0 Å². The Bertz CT molecular complexity index is 308. The van der Waals surface area contributed by atoms with E-state index in [1.807, 2.05) is 13.1 Å². The first-order chi connectivity index (χ1) is 8.38. The predicted octanol–water partition coefficient (Wildman–Crippen LogP) is 0.843. The van der Waals surface area contributed by atoms with Gasteiger partial charge in [0.05, 0.1) is 19.8 Å². The highest BCUT2D eigenvalue weighted by Gasteiger charge is 2.02. The minimum absolute atomic E-state index is 0.532. The minimum atomic E-state index is 0.532. The fourth-order valence-electron chi connectivity index (χ4n) is 1.33. The van der Waals surface area contributed by atoms with Gasteiger partial charge in [0.2, 0.25) is 0 Å². The molecule has 1 aromatic heterocycles. The summed E-state index contributed by atoms with van der Waals surface area (Å²) in [7, 11) is 3.55. The summed E-state index contributed by atoms with van der Waals surface area (Å²) in [6, 6.07) is 1.86. The molecule has 0 aliphatic heterocycles. The molecule has 0 spiro atoms. The summed E-state index contributed by atoms with van der Waals surface area (Å²) in [6.45, 7) is 3.04. The highest BCUT2D eigenvalue weighted by molar-refractivity contribution is 5.29. The standard InChI is InChI=1S/C12H20N2O3/c1-13-9-11-10-14-4-3-12(11)17-8-7-16-6-5-15-2/h3-4,10,13H,5-9H2,1-2H3. The van der Waals surface area contributed by atoms with E-state index in [1.54, 1.807) is 19.5 Å². The van der Waals surface area contributed by atoms with Crippen molar-refractivity contribution in [1.29, 1.82) is 0 Å². The fourth-order valence-corrected chi connectivity index (χ4v) is 1.33. The lowest BCUT2D eigenvalue weighted by molar-refractivity contribution is 0.0542. The topological polar surface area (TPSA) is 52.6 Å². The van der Waals surface area contributed by atoms with Gasteiger partial charge in [0.25, 0.3) is 0 Å². The summed E-state index contributed by atoms with van der Waals surface area (Å²) in [6.07, 6.45) is 3.53. The van der Waals surface area contributed by atoms with E-state index in [4.69, 9.17) is 14.2 Å². The summed E-state index contributed by atoms with van der Waals surface area (Å²) in [4.78, 5) is 4.06. The molecule has 0 amide bonds. The van der Waals surface area contributed by atoms with Gasteiger partial charge in [0, 0.05) is 31.6 Å². The molecule has 5 nitrogen and oxygen atoms in total. The molecule has 1 heterocycles. The highest BCUT2D eigenvalue weighted by Crippen LogP contribution is 2.15. The second-order valence-electron chi connectivity index (χ2n) is 3.47. The molecular weight excluding hydrogens is 220 g/mol. The highest BCUT2D eigenvalue weighted by atomic mass is 16.5. The second kappa shape index (κ2) is 8.92. The van der Waals surface area contributed by atoms with E-state index in [0.29, 0.717) is 26.4 Å². The number of aromatic nitrogens is 1. The molecule has 0 fully saturated rings. The lowest BCUT2D eigenvalue weighted by Gasteiger charge is -2.10. The van der Waals surface area contributed by atoms with Gasteiger partial charge in [-0.2, -0.15) is 0 Å². The Morgan fingerprint density at radius 1 is 1.24 bits per heavy atom. The average molecular weight is 240 g/mol. The van der Waals surface area contributed by atoms with E-state index < -0.39 is 0 Å². The Hall–Kier alpha value is -1.17. The van der Waals surface area contributed by atoms with Crippen LogP contribution in [0.4, 0.5) is 0 Å². The molecule has 1 N–H and O–H groups in total. The molecule has 0 aromatic carbocycles. The van der Waals surface area contributed by atoms with E-state index in [0.717, 1.165) is 17.9 Å². The smallest absolute Gasteiger partial charge is 0.126 e. The lowest BCUT2D eigenvalue weighted by atomic mass is 10.2. The van der Waals surface area contributed by atoms with E-state index in [-0.39, 0.29) is 0 Å². The monoisotopic (exact) mass is 240 g/mol. The first kappa shape index (κ1) is 13.9. The Morgan fingerprint density at radius 2 is 2.06 bits per heavy atom. The van der Waals surface area contributed by atoms with Crippen molar-refractivity contribution in [1.82, 2.24) is 10.3 Å². The maximum Gasteiger partial charge on any atom is 0.126 e. The third-order valence-electron chi connectivity index (χ3n) is 2.14. The normalized spacial score (nSPS) is 10.5. The van der Waals surface area contributed by atoms with E-state index >= 15 is 0 Å². The summed E-state index contributed by atoms with van der Waals surface area (Å²) in [5.41, 5.74) is 1.05. The maximum absolute atomic E-state index is 5.62. The molecule has 0 aliphatic carbocycles. The van der Waals surface area contributed by atoms with Crippen LogP contribution in [0, 0.1) is 0 Å². The zero-order valence-electron chi connectivity index (χ0n) is 10.4. The Kier molecular flexibility index (Phi) is 7.29.